The van der Waals surface area contributed by atoms with Crippen LogP contribution in [0.2, 0.25) is 0 Å². The zero-order valence-electron chi connectivity index (χ0n) is 18.2. The molecule has 164 valence electrons. The van der Waals surface area contributed by atoms with E-state index in [-0.39, 0.29) is 11.8 Å². The molecule has 1 fully saturated rings. The Hall–Kier alpha value is -3.60. The summed E-state index contributed by atoms with van der Waals surface area (Å²) in [4.78, 5) is 27.8. The van der Waals surface area contributed by atoms with Crippen molar-refractivity contribution in [2.45, 2.75) is 31.7 Å². The monoisotopic (exact) mass is 427 g/mol. The molecule has 32 heavy (non-hydrogen) atoms. The predicted octanol–water partition coefficient (Wildman–Crippen LogP) is 5.03. The molecule has 2 N–H and O–H groups in total. The third-order valence-electron chi connectivity index (χ3n) is 5.79. The first-order valence-corrected chi connectivity index (χ1v) is 11.2. The lowest BCUT2D eigenvalue weighted by molar-refractivity contribution is -0.141. The first-order chi connectivity index (χ1) is 15.7. The highest BCUT2D eigenvalue weighted by molar-refractivity contribution is 6.00. The Morgan fingerprint density at radius 3 is 2.22 bits per heavy atom. The average Bonchev–Trinajstić information content (AvgIpc) is 2.83. The van der Waals surface area contributed by atoms with Crippen molar-refractivity contribution >= 4 is 23.2 Å². The van der Waals surface area contributed by atoms with Crippen LogP contribution in [0.3, 0.4) is 0 Å². The summed E-state index contributed by atoms with van der Waals surface area (Å²) >= 11 is 0. The number of benzene rings is 3. The molecule has 2 amide bonds. The number of para-hydroxylation sites is 2. The normalized spacial score (nSPS) is 14.6. The lowest BCUT2D eigenvalue weighted by atomic mass is 10.0. The molecular weight excluding hydrogens is 398 g/mol. The van der Waals surface area contributed by atoms with E-state index in [1.807, 2.05) is 72.8 Å². The van der Waals surface area contributed by atoms with Crippen LogP contribution >= 0.6 is 0 Å². The van der Waals surface area contributed by atoms with Gasteiger partial charge in [0.2, 0.25) is 5.91 Å². The van der Waals surface area contributed by atoms with Crippen molar-refractivity contribution in [3.63, 3.8) is 0 Å². The third kappa shape index (κ3) is 5.35. The van der Waals surface area contributed by atoms with Crippen LogP contribution in [-0.4, -0.2) is 29.8 Å². The fourth-order valence-electron chi connectivity index (χ4n) is 4.14. The SMILES string of the molecule is O=C(Nc1ccccc1NCCc1ccccc1)C(c1ccccc1)N1CCCCC1=O. The maximum atomic E-state index is 13.5. The van der Waals surface area contributed by atoms with Gasteiger partial charge in [0.15, 0.2) is 0 Å². The molecular formula is C27H29N3O2. The Morgan fingerprint density at radius 2 is 1.50 bits per heavy atom. The zero-order valence-corrected chi connectivity index (χ0v) is 18.2. The summed E-state index contributed by atoms with van der Waals surface area (Å²) < 4.78 is 0. The first kappa shape index (κ1) is 21.6. The Labute approximate surface area is 189 Å². The minimum Gasteiger partial charge on any atom is -0.383 e. The highest BCUT2D eigenvalue weighted by atomic mass is 16.2. The van der Waals surface area contributed by atoms with Gasteiger partial charge in [-0.05, 0) is 42.5 Å². The fraction of sp³-hybridized carbons (Fsp3) is 0.259. The molecule has 0 spiro atoms. The molecule has 1 saturated heterocycles. The van der Waals surface area contributed by atoms with Crippen LogP contribution in [0.15, 0.2) is 84.9 Å². The molecule has 5 heteroatoms. The van der Waals surface area contributed by atoms with Gasteiger partial charge in [0.25, 0.3) is 5.91 Å². The highest BCUT2D eigenvalue weighted by Crippen LogP contribution is 2.29. The third-order valence-corrected chi connectivity index (χ3v) is 5.79. The molecule has 5 nitrogen and oxygen atoms in total. The fourth-order valence-corrected chi connectivity index (χ4v) is 4.14. The van der Waals surface area contributed by atoms with Crippen molar-refractivity contribution in [2.75, 3.05) is 23.7 Å². The lowest BCUT2D eigenvalue weighted by Crippen LogP contribution is -2.43. The standard InChI is InChI=1S/C27H29N3O2/c31-25-17-9-10-20-30(25)26(22-13-5-2-6-14-22)27(32)29-24-16-8-7-15-23(24)28-19-18-21-11-3-1-4-12-21/h1-8,11-16,26,28H,9-10,17-20H2,(H,29,32). The van der Waals surface area contributed by atoms with E-state index in [1.165, 1.54) is 5.56 Å². The van der Waals surface area contributed by atoms with Crippen molar-refractivity contribution in [2.24, 2.45) is 0 Å². The number of hydrogen-bond acceptors (Lipinski definition) is 3. The molecule has 0 radical (unpaired) electrons. The molecule has 0 saturated carbocycles. The van der Waals surface area contributed by atoms with Gasteiger partial charge in [0.05, 0.1) is 11.4 Å². The number of carbonyl (C=O) groups is 2. The summed E-state index contributed by atoms with van der Waals surface area (Å²) in [5, 5.41) is 6.52. The second-order valence-electron chi connectivity index (χ2n) is 8.05. The smallest absolute Gasteiger partial charge is 0.251 e. The number of anilines is 2. The molecule has 0 aromatic heterocycles. The molecule has 0 aliphatic carbocycles. The number of likely N-dealkylation sites (tertiary alicyclic amines) is 1. The van der Waals surface area contributed by atoms with Gasteiger partial charge in [-0.25, -0.2) is 0 Å². The minimum atomic E-state index is -0.638. The van der Waals surface area contributed by atoms with Crippen molar-refractivity contribution < 1.29 is 9.59 Å². The summed E-state index contributed by atoms with van der Waals surface area (Å²) in [5.74, 6) is -0.154. The molecule has 3 aromatic carbocycles. The molecule has 1 aliphatic rings. The van der Waals surface area contributed by atoms with Crippen molar-refractivity contribution in [3.05, 3.63) is 96.1 Å². The number of amides is 2. The summed E-state index contributed by atoms with van der Waals surface area (Å²) in [6.45, 7) is 1.35. The molecule has 3 aromatic rings. The second-order valence-corrected chi connectivity index (χ2v) is 8.05. The van der Waals surface area contributed by atoms with Crippen molar-refractivity contribution in [3.8, 4) is 0 Å². The van der Waals surface area contributed by atoms with Crippen LogP contribution < -0.4 is 10.6 Å². The molecule has 4 rings (SSSR count). The Kier molecular flexibility index (Phi) is 7.18. The van der Waals surface area contributed by atoms with Gasteiger partial charge in [0.1, 0.15) is 6.04 Å². The van der Waals surface area contributed by atoms with Gasteiger partial charge in [-0.1, -0.05) is 72.8 Å². The molecule has 0 bridgehead atoms. The quantitative estimate of drug-likeness (QED) is 0.530. The lowest BCUT2D eigenvalue weighted by Gasteiger charge is -2.34. The topological polar surface area (TPSA) is 61.4 Å². The summed E-state index contributed by atoms with van der Waals surface area (Å²) in [7, 11) is 0. The van der Waals surface area contributed by atoms with Gasteiger partial charge in [0, 0.05) is 19.5 Å². The van der Waals surface area contributed by atoms with E-state index < -0.39 is 6.04 Å². The number of carbonyl (C=O) groups excluding carboxylic acids is 2. The summed E-state index contributed by atoms with van der Waals surface area (Å²) in [5.41, 5.74) is 3.67. The van der Waals surface area contributed by atoms with Crippen LogP contribution in [0.4, 0.5) is 11.4 Å². The van der Waals surface area contributed by atoms with Crippen molar-refractivity contribution in [1.29, 1.82) is 0 Å². The number of nitrogens with one attached hydrogen (secondary N) is 2. The predicted molar refractivity (Wildman–Crippen MR) is 128 cm³/mol. The van der Waals surface area contributed by atoms with E-state index in [0.29, 0.717) is 13.0 Å². The molecule has 1 heterocycles. The minimum absolute atomic E-state index is 0.0366. The van der Waals surface area contributed by atoms with E-state index in [2.05, 4.69) is 22.8 Å². The van der Waals surface area contributed by atoms with E-state index in [1.54, 1.807) is 4.90 Å². The van der Waals surface area contributed by atoms with Gasteiger partial charge < -0.3 is 15.5 Å². The summed E-state index contributed by atoms with van der Waals surface area (Å²) in [6, 6.07) is 26.9. The van der Waals surface area contributed by atoms with Gasteiger partial charge in [-0.2, -0.15) is 0 Å². The van der Waals surface area contributed by atoms with Crippen LogP contribution in [0.1, 0.15) is 36.4 Å². The maximum Gasteiger partial charge on any atom is 0.251 e. The van der Waals surface area contributed by atoms with E-state index in [0.717, 1.165) is 42.7 Å². The maximum absolute atomic E-state index is 13.5. The second kappa shape index (κ2) is 10.6. The largest absolute Gasteiger partial charge is 0.383 e. The highest BCUT2D eigenvalue weighted by Gasteiger charge is 2.32. The van der Waals surface area contributed by atoms with Crippen molar-refractivity contribution in [1.82, 2.24) is 4.90 Å². The van der Waals surface area contributed by atoms with E-state index in [9.17, 15) is 9.59 Å². The number of piperidine rings is 1. The number of rotatable bonds is 8. The summed E-state index contributed by atoms with van der Waals surface area (Å²) in [6.07, 6.45) is 3.18. The molecule has 1 unspecified atom stereocenters. The zero-order chi connectivity index (χ0) is 22.2. The molecule has 1 atom stereocenters. The van der Waals surface area contributed by atoms with Gasteiger partial charge in [-0.15, -0.1) is 0 Å². The van der Waals surface area contributed by atoms with Gasteiger partial charge >= 0.3 is 0 Å². The van der Waals surface area contributed by atoms with Crippen LogP contribution in [0.5, 0.6) is 0 Å². The Bertz CT molecular complexity index is 1040. The van der Waals surface area contributed by atoms with Gasteiger partial charge in [-0.3, -0.25) is 9.59 Å². The number of nitrogens with zero attached hydrogens (tertiary/aromatic N) is 1. The molecule has 1 aliphatic heterocycles. The average molecular weight is 428 g/mol. The van der Waals surface area contributed by atoms with Crippen LogP contribution in [0.25, 0.3) is 0 Å². The first-order valence-electron chi connectivity index (χ1n) is 11.2. The van der Waals surface area contributed by atoms with Crippen LogP contribution in [-0.2, 0) is 16.0 Å². The van der Waals surface area contributed by atoms with E-state index >= 15 is 0 Å². The number of hydrogen-bond donors (Lipinski definition) is 2. The Balaban J connectivity index is 1.50. The van der Waals surface area contributed by atoms with E-state index in [4.69, 9.17) is 0 Å². The van der Waals surface area contributed by atoms with Crippen LogP contribution in [0, 0.1) is 0 Å². The Morgan fingerprint density at radius 1 is 0.844 bits per heavy atom.